The third-order valence-electron chi connectivity index (χ3n) is 6.40. The van der Waals surface area contributed by atoms with Crippen LogP contribution in [0.5, 0.6) is 0 Å². The van der Waals surface area contributed by atoms with Crippen molar-refractivity contribution < 1.29 is 4.52 Å². The third kappa shape index (κ3) is 4.49. The SMILES string of the molecule is CCc1ccc(C2NC(=S)N(c3cccc(C)c3)C(C)=C2c2nc(-c3cccc(C)c3)no2)cc1. The number of aryl methyl sites for hydroxylation is 3. The van der Waals surface area contributed by atoms with Crippen LogP contribution in [0.3, 0.4) is 0 Å². The molecule has 0 spiro atoms. The first kappa shape index (κ1) is 23.0. The Bertz CT molecular complexity index is 1420. The summed E-state index contributed by atoms with van der Waals surface area (Å²) in [5.74, 6) is 1.05. The van der Waals surface area contributed by atoms with Crippen LogP contribution in [0, 0.1) is 13.8 Å². The van der Waals surface area contributed by atoms with E-state index in [0.29, 0.717) is 16.8 Å². The molecule has 5 nitrogen and oxygen atoms in total. The molecule has 35 heavy (non-hydrogen) atoms. The van der Waals surface area contributed by atoms with Gasteiger partial charge >= 0.3 is 0 Å². The van der Waals surface area contributed by atoms with Crippen molar-refractivity contribution in [3.8, 4) is 11.4 Å². The van der Waals surface area contributed by atoms with Gasteiger partial charge in [0.25, 0.3) is 5.89 Å². The van der Waals surface area contributed by atoms with Crippen LogP contribution in [-0.2, 0) is 6.42 Å². The molecule has 0 amide bonds. The van der Waals surface area contributed by atoms with Crippen molar-refractivity contribution in [1.82, 2.24) is 15.5 Å². The fourth-order valence-electron chi connectivity index (χ4n) is 4.53. The predicted molar refractivity (Wildman–Crippen MR) is 145 cm³/mol. The second-order valence-electron chi connectivity index (χ2n) is 8.94. The van der Waals surface area contributed by atoms with Gasteiger partial charge in [-0.2, -0.15) is 4.98 Å². The number of nitrogens with zero attached hydrogens (tertiary/aromatic N) is 3. The minimum atomic E-state index is -0.208. The number of allylic oxidation sites excluding steroid dienone is 1. The Balaban J connectivity index is 1.65. The van der Waals surface area contributed by atoms with Crippen LogP contribution in [0.25, 0.3) is 17.0 Å². The summed E-state index contributed by atoms with van der Waals surface area (Å²) in [6, 6.07) is 24.8. The van der Waals surface area contributed by atoms with E-state index in [1.165, 1.54) is 5.56 Å². The lowest BCUT2D eigenvalue weighted by Crippen LogP contribution is -2.46. The third-order valence-corrected chi connectivity index (χ3v) is 6.70. The molecular formula is C29H28N4OS. The minimum absolute atomic E-state index is 0.208. The molecule has 0 radical (unpaired) electrons. The largest absolute Gasteiger partial charge is 0.351 e. The van der Waals surface area contributed by atoms with Crippen LogP contribution >= 0.6 is 12.2 Å². The van der Waals surface area contributed by atoms with Crippen LogP contribution in [0.2, 0.25) is 0 Å². The smallest absolute Gasteiger partial charge is 0.258 e. The van der Waals surface area contributed by atoms with E-state index in [1.807, 2.05) is 23.1 Å². The van der Waals surface area contributed by atoms with E-state index < -0.39 is 0 Å². The lowest BCUT2D eigenvalue weighted by atomic mass is 9.93. The van der Waals surface area contributed by atoms with Crippen LogP contribution in [-0.4, -0.2) is 15.3 Å². The lowest BCUT2D eigenvalue weighted by Gasteiger charge is -2.37. The number of hydrogen-bond acceptors (Lipinski definition) is 4. The molecule has 5 rings (SSSR count). The van der Waals surface area contributed by atoms with Crippen LogP contribution in [0.15, 0.2) is 83.0 Å². The van der Waals surface area contributed by atoms with Gasteiger partial charge in [-0.05, 0) is 74.3 Å². The van der Waals surface area contributed by atoms with Gasteiger partial charge in [-0.1, -0.05) is 72.2 Å². The Labute approximate surface area is 211 Å². The molecule has 3 aromatic carbocycles. The Morgan fingerprint density at radius 3 is 2.34 bits per heavy atom. The fourth-order valence-corrected chi connectivity index (χ4v) is 4.89. The number of nitrogens with one attached hydrogen (secondary N) is 1. The van der Waals surface area contributed by atoms with Crippen molar-refractivity contribution in [3.63, 3.8) is 0 Å². The summed E-state index contributed by atoms with van der Waals surface area (Å²) in [6.45, 7) is 8.35. The Morgan fingerprint density at radius 1 is 0.943 bits per heavy atom. The summed E-state index contributed by atoms with van der Waals surface area (Å²) >= 11 is 5.87. The zero-order chi connectivity index (χ0) is 24.5. The van der Waals surface area contributed by atoms with E-state index in [4.69, 9.17) is 21.7 Å². The molecule has 0 aliphatic carbocycles. The zero-order valence-electron chi connectivity index (χ0n) is 20.4. The topological polar surface area (TPSA) is 54.2 Å². The standard InChI is InChI=1S/C29H28N4OS/c1-5-21-12-14-22(15-13-21)26-25(28-31-27(32-34-28)23-10-6-8-18(2)16-23)20(4)33(29(35)30-26)24-11-7-9-19(3)17-24/h6-17,26H,5H2,1-4H3,(H,30,35). The Morgan fingerprint density at radius 2 is 1.66 bits per heavy atom. The maximum Gasteiger partial charge on any atom is 0.258 e. The van der Waals surface area contributed by atoms with E-state index in [2.05, 4.69) is 92.8 Å². The van der Waals surface area contributed by atoms with Gasteiger partial charge in [-0.25, -0.2) is 0 Å². The first-order chi connectivity index (χ1) is 16.9. The highest BCUT2D eigenvalue weighted by molar-refractivity contribution is 7.80. The summed E-state index contributed by atoms with van der Waals surface area (Å²) in [5, 5.41) is 8.51. The first-order valence-electron chi connectivity index (χ1n) is 11.8. The van der Waals surface area contributed by atoms with Gasteiger partial charge < -0.3 is 9.84 Å². The molecule has 0 fully saturated rings. The highest BCUT2D eigenvalue weighted by Gasteiger charge is 2.34. The number of benzene rings is 3. The van der Waals surface area contributed by atoms with E-state index in [0.717, 1.165) is 45.6 Å². The molecule has 1 aliphatic rings. The first-order valence-corrected chi connectivity index (χ1v) is 12.2. The maximum absolute atomic E-state index is 5.88. The normalized spacial score (nSPS) is 15.9. The van der Waals surface area contributed by atoms with Gasteiger partial charge in [0.1, 0.15) is 0 Å². The number of hydrogen-bond donors (Lipinski definition) is 1. The summed E-state index contributed by atoms with van der Waals surface area (Å²) < 4.78 is 5.88. The van der Waals surface area contributed by atoms with E-state index >= 15 is 0 Å². The van der Waals surface area contributed by atoms with E-state index in [9.17, 15) is 0 Å². The molecule has 0 saturated carbocycles. The highest BCUT2D eigenvalue weighted by atomic mass is 32.1. The van der Waals surface area contributed by atoms with Gasteiger partial charge in [0.15, 0.2) is 5.11 Å². The molecule has 2 heterocycles. The Hall–Kier alpha value is -3.77. The fraction of sp³-hybridized carbons (Fsp3) is 0.207. The van der Waals surface area contributed by atoms with Gasteiger partial charge in [0, 0.05) is 16.9 Å². The number of anilines is 1. The Kier molecular flexibility index (Phi) is 6.22. The molecule has 1 aliphatic heterocycles. The van der Waals surface area contributed by atoms with Gasteiger partial charge in [-0.15, -0.1) is 0 Å². The van der Waals surface area contributed by atoms with E-state index in [1.54, 1.807) is 0 Å². The molecule has 1 aromatic heterocycles. The van der Waals surface area contributed by atoms with Crippen molar-refractivity contribution in [1.29, 1.82) is 0 Å². The van der Waals surface area contributed by atoms with E-state index in [-0.39, 0.29) is 6.04 Å². The van der Waals surface area contributed by atoms with Crippen molar-refractivity contribution >= 4 is 28.6 Å². The maximum atomic E-state index is 5.88. The molecule has 1 atom stereocenters. The molecule has 1 unspecified atom stereocenters. The zero-order valence-corrected chi connectivity index (χ0v) is 21.2. The monoisotopic (exact) mass is 480 g/mol. The summed E-state index contributed by atoms with van der Waals surface area (Å²) in [6.07, 6.45) is 0.989. The highest BCUT2D eigenvalue weighted by Crippen LogP contribution is 2.39. The summed E-state index contributed by atoms with van der Waals surface area (Å²) in [7, 11) is 0. The van der Waals surface area contributed by atoms with Gasteiger partial charge in [0.2, 0.25) is 5.82 Å². The quantitative estimate of drug-likeness (QED) is 0.318. The molecule has 0 saturated heterocycles. The number of aromatic nitrogens is 2. The second kappa shape index (κ2) is 9.47. The number of rotatable bonds is 5. The van der Waals surface area contributed by atoms with Crippen molar-refractivity contribution in [2.24, 2.45) is 0 Å². The lowest BCUT2D eigenvalue weighted by molar-refractivity contribution is 0.404. The molecule has 176 valence electrons. The van der Waals surface area contributed by atoms with Gasteiger partial charge in [0.05, 0.1) is 11.6 Å². The average Bonchev–Trinajstić information content (AvgIpc) is 3.34. The van der Waals surface area contributed by atoms with Crippen molar-refractivity contribution in [3.05, 3.63) is 107 Å². The molecule has 4 aromatic rings. The molecule has 0 bridgehead atoms. The molecule has 6 heteroatoms. The minimum Gasteiger partial charge on any atom is -0.351 e. The number of thiocarbonyl (C=S) groups is 1. The molecular weight excluding hydrogens is 452 g/mol. The summed E-state index contributed by atoms with van der Waals surface area (Å²) in [4.78, 5) is 6.88. The van der Waals surface area contributed by atoms with Crippen molar-refractivity contribution in [2.45, 2.75) is 40.2 Å². The van der Waals surface area contributed by atoms with Crippen LogP contribution in [0.4, 0.5) is 5.69 Å². The van der Waals surface area contributed by atoms with Crippen LogP contribution in [0.1, 0.15) is 48.0 Å². The molecule has 1 N–H and O–H groups in total. The van der Waals surface area contributed by atoms with Crippen molar-refractivity contribution in [2.75, 3.05) is 4.90 Å². The summed E-state index contributed by atoms with van der Waals surface area (Å²) in [5.41, 5.74) is 8.49. The van der Waals surface area contributed by atoms with Gasteiger partial charge in [-0.3, -0.25) is 4.90 Å². The second-order valence-corrected chi connectivity index (χ2v) is 9.33. The predicted octanol–water partition coefficient (Wildman–Crippen LogP) is 6.78. The van der Waals surface area contributed by atoms with Crippen LogP contribution < -0.4 is 10.2 Å². The average molecular weight is 481 g/mol.